The van der Waals surface area contributed by atoms with Crippen LogP contribution in [0.4, 0.5) is 0 Å². The van der Waals surface area contributed by atoms with Gasteiger partial charge in [-0.05, 0) is 24.3 Å². The molecule has 0 bridgehead atoms. The smallest absolute Gasteiger partial charge is 0.306 e. The number of thioether (sulfide) groups is 1. The molecule has 0 N–H and O–H groups in total. The molecule has 26 heavy (non-hydrogen) atoms. The molecule has 6 nitrogen and oxygen atoms in total. The number of aromatic nitrogens is 2. The Labute approximate surface area is 154 Å². The Morgan fingerprint density at radius 3 is 2.62 bits per heavy atom. The number of benzene rings is 2. The molecule has 0 aliphatic carbocycles. The number of nitrogens with zero attached hydrogens (tertiary/aromatic N) is 2. The van der Waals surface area contributed by atoms with Crippen LogP contribution in [0.5, 0.6) is 5.75 Å². The van der Waals surface area contributed by atoms with Gasteiger partial charge in [0.15, 0.2) is 5.16 Å². The first-order chi connectivity index (χ1) is 12.7. The Hall–Kier alpha value is -2.80. The van der Waals surface area contributed by atoms with Gasteiger partial charge in [-0.15, -0.1) is 0 Å². The van der Waals surface area contributed by atoms with Crippen LogP contribution in [0.3, 0.4) is 0 Å². The highest BCUT2D eigenvalue weighted by molar-refractivity contribution is 7.99. The van der Waals surface area contributed by atoms with Crippen LogP contribution in [0, 0.1) is 0 Å². The summed E-state index contributed by atoms with van der Waals surface area (Å²) in [5.74, 6) is 0.720. The summed E-state index contributed by atoms with van der Waals surface area (Å²) in [4.78, 5) is 29.2. The fourth-order valence-electron chi connectivity index (χ4n) is 2.56. The molecule has 2 aromatic carbocycles. The molecule has 3 aromatic rings. The van der Waals surface area contributed by atoms with Crippen LogP contribution in [-0.4, -0.2) is 35.5 Å². The Morgan fingerprint density at radius 1 is 1.12 bits per heavy atom. The maximum absolute atomic E-state index is 13.1. The van der Waals surface area contributed by atoms with Crippen molar-refractivity contribution >= 4 is 28.6 Å². The van der Waals surface area contributed by atoms with Crippen molar-refractivity contribution in [2.24, 2.45) is 0 Å². The highest BCUT2D eigenvalue weighted by atomic mass is 32.2. The van der Waals surface area contributed by atoms with Crippen molar-refractivity contribution in [3.05, 3.63) is 58.9 Å². The van der Waals surface area contributed by atoms with Gasteiger partial charge in [-0.3, -0.25) is 14.2 Å². The van der Waals surface area contributed by atoms with Crippen molar-refractivity contribution in [2.45, 2.75) is 11.6 Å². The molecule has 0 spiro atoms. The van der Waals surface area contributed by atoms with E-state index in [9.17, 15) is 9.59 Å². The van der Waals surface area contributed by atoms with E-state index in [1.54, 1.807) is 31.4 Å². The molecule has 0 aliphatic heterocycles. The van der Waals surface area contributed by atoms with Gasteiger partial charge in [-0.25, -0.2) is 4.98 Å². The monoisotopic (exact) mass is 370 g/mol. The third-order valence-electron chi connectivity index (χ3n) is 3.84. The predicted molar refractivity (Wildman–Crippen MR) is 101 cm³/mol. The molecule has 0 aliphatic rings. The molecule has 1 aromatic heterocycles. The maximum Gasteiger partial charge on any atom is 0.306 e. The van der Waals surface area contributed by atoms with Gasteiger partial charge in [0.25, 0.3) is 5.56 Å². The number of fused-ring (bicyclic) bond motifs is 1. The second kappa shape index (κ2) is 8.05. The molecule has 0 amide bonds. The average molecular weight is 370 g/mol. The van der Waals surface area contributed by atoms with Crippen LogP contribution < -0.4 is 10.3 Å². The number of rotatable bonds is 6. The van der Waals surface area contributed by atoms with Gasteiger partial charge in [0.2, 0.25) is 0 Å². The SMILES string of the molecule is COC(=O)CCSc1nc2ccccc2c(=O)n1-c1ccccc1OC. The number of esters is 1. The predicted octanol–water partition coefficient (Wildman–Crippen LogP) is 3.05. The second-order valence-electron chi connectivity index (χ2n) is 5.40. The van der Waals surface area contributed by atoms with Crippen LogP contribution in [0.1, 0.15) is 6.42 Å². The summed E-state index contributed by atoms with van der Waals surface area (Å²) in [6.45, 7) is 0. The number of carbonyl (C=O) groups is 1. The molecule has 1 heterocycles. The number of hydrogen-bond donors (Lipinski definition) is 0. The third kappa shape index (κ3) is 3.57. The first kappa shape index (κ1) is 18.0. The first-order valence-corrected chi connectivity index (χ1v) is 8.99. The molecule has 0 atom stereocenters. The van der Waals surface area contributed by atoms with Gasteiger partial charge >= 0.3 is 5.97 Å². The first-order valence-electron chi connectivity index (χ1n) is 8.00. The van der Waals surface area contributed by atoms with Gasteiger partial charge in [0.1, 0.15) is 5.75 Å². The minimum Gasteiger partial charge on any atom is -0.495 e. The molecule has 3 rings (SSSR count). The zero-order valence-corrected chi connectivity index (χ0v) is 15.3. The quantitative estimate of drug-likeness (QED) is 0.377. The molecule has 0 unspecified atom stereocenters. The molecule has 0 saturated carbocycles. The lowest BCUT2D eigenvalue weighted by Gasteiger charge is -2.15. The lowest BCUT2D eigenvalue weighted by atomic mass is 10.2. The van der Waals surface area contributed by atoms with Crippen LogP contribution in [0.15, 0.2) is 58.5 Å². The minimum absolute atomic E-state index is 0.180. The van der Waals surface area contributed by atoms with Crippen LogP contribution in [0.2, 0.25) is 0 Å². The van der Waals surface area contributed by atoms with E-state index in [2.05, 4.69) is 9.72 Å². The summed E-state index contributed by atoms with van der Waals surface area (Å²) in [7, 11) is 2.91. The van der Waals surface area contributed by atoms with Crippen molar-refractivity contribution in [1.29, 1.82) is 0 Å². The van der Waals surface area contributed by atoms with E-state index in [-0.39, 0.29) is 17.9 Å². The Kier molecular flexibility index (Phi) is 5.58. The fraction of sp³-hybridized carbons (Fsp3) is 0.211. The van der Waals surface area contributed by atoms with Crippen molar-refractivity contribution in [3.8, 4) is 11.4 Å². The Balaban J connectivity index is 2.15. The molecule has 0 fully saturated rings. The van der Waals surface area contributed by atoms with Gasteiger partial charge < -0.3 is 9.47 Å². The molecular formula is C19H18N2O4S. The maximum atomic E-state index is 13.1. The van der Waals surface area contributed by atoms with Crippen molar-refractivity contribution in [3.63, 3.8) is 0 Å². The third-order valence-corrected chi connectivity index (χ3v) is 4.78. The van der Waals surface area contributed by atoms with E-state index in [1.165, 1.54) is 23.4 Å². The van der Waals surface area contributed by atoms with Crippen molar-refractivity contribution in [2.75, 3.05) is 20.0 Å². The molecule has 7 heteroatoms. The topological polar surface area (TPSA) is 70.4 Å². The van der Waals surface area contributed by atoms with Crippen LogP contribution >= 0.6 is 11.8 Å². The van der Waals surface area contributed by atoms with Crippen molar-refractivity contribution < 1.29 is 14.3 Å². The van der Waals surface area contributed by atoms with Gasteiger partial charge in [-0.2, -0.15) is 0 Å². The fourth-order valence-corrected chi connectivity index (χ4v) is 3.49. The van der Waals surface area contributed by atoms with Gasteiger partial charge in [0, 0.05) is 5.75 Å². The van der Waals surface area contributed by atoms with E-state index < -0.39 is 0 Å². The Morgan fingerprint density at radius 2 is 1.85 bits per heavy atom. The van der Waals surface area contributed by atoms with Gasteiger partial charge in [-0.1, -0.05) is 36.0 Å². The number of para-hydroxylation sites is 3. The second-order valence-corrected chi connectivity index (χ2v) is 6.46. The standard InChI is InChI=1S/C19H18N2O4S/c1-24-16-10-6-5-9-15(16)21-18(23)13-7-3-4-8-14(13)20-19(21)26-12-11-17(22)25-2/h3-10H,11-12H2,1-2H3. The summed E-state index contributed by atoms with van der Waals surface area (Å²) in [5, 5.41) is 1.03. The van der Waals surface area contributed by atoms with Crippen LogP contribution in [-0.2, 0) is 9.53 Å². The minimum atomic E-state index is -0.301. The Bertz CT molecular complexity index is 1000. The van der Waals surface area contributed by atoms with E-state index in [0.29, 0.717) is 33.2 Å². The summed E-state index contributed by atoms with van der Waals surface area (Å²) in [6.07, 6.45) is 0.232. The lowest BCUT2D eigenvalue weighted by Crippen LogP contribution is -2.22. The normalized spacial score (nSPS) is 10.7. The zero-order valence-electron chi connectivity index (χ0n) is 14.5. The summed E-state index contributed by atoms with van der Waals surface area (Å²) >= 11 is 1.33. The summed E-state index contributed by atoms with van der Waals surface area (Å²) in [6, 6.07) is 14.5. The number of ether oxygens (including phenoxy) is 2. The van der Waals surface area contributed by atoms with E-state index in [1.807, 2.05) is 24.3 Å². The van der Waals surface area contributed by atoms with E-state index >= 15 is 0 Å². The molecule has 0 saturated heterocycles. The average Bonchev–Trinajstić information content (AvgIpc) is 2.68. The van der Waals surface area contributed by atoms with E-state index in [0.717, 1.165) is 0 Å². The molecule has 0 radical (unpaired) electrons. The lowest BCUT2D eigenvalue weighted by molar-refractivity contribution is -0.140. The summed E-state index contributed by atoms with van der Waals surface area (Å²) in [5.41, 5.74) is 1.05. The number of methoxy groups -OCH3 is 2. The molecular weight excluding hydrogens is 352 g/mol. The largest absolute Gasteiger partial charge is 0.495 e. The highest BCUT2D eigenvalue weighted by Gasteiger charge is 2.16. The molecule has 134 valence electrons. The number of carbonyl (C=O) groups excluding carboxylic acids is 1. The van der Waals surface area contributed by atoms with E-state index in [4.69, 9.17) is 4.74 Å². The van der Waals surface area contributed by atoms with Crippen LogP contribution in [0.25, 0.3) is 16.6 Å². The zero-order chi connectivity index (χ0) is 18.5. The van der Waals surface area contributed by atoms with Gasteiger partial charge in [0.05, 0.1) is 37.2 Å². The summed E-state index contributed by atoms with van der Waals surface area (Å²) < 4.78 is 11.6. The number of hydrogen-bond acceptors (Lipinski definition) is 6. The highest BCUT2D eigenvalue weighted by Crippen LogP contribution is 2.27. The van der Waals surface area contributed by atoms with Crippen molar-refractivity contribution in [1.82, 2.24) is 9.55 Å².